The Hall–Kier alpha value is -0.900. The summed E-state index contributed by atoms with van der Waals surface area (Å²) in [7, 11) is 2.13. The quantitative estimate of drug-likeness (QED) is 0.640. The maximum atomic E-state index is 4.14. The second-order valence-electron chi connectivity index (χ2n) is 3.01. The Morgan fingerprint density at radius 2 is 2.64 bits per heavy atom. The number of nitrogens with zero attached hydrogens (tertiary/aromatic N) is 3. The van der Waals surface area contributed by atoms with E-state index in [-0.39, 0.29) is 0 Å². The van der Waals surface area contributed by atoms with E-state index in [1.54, 1.807) is 6.33 Å². The third-order valence-corrected chi connectivity index (χ3v) is 2.27. The second-order valence-corrected chi connectivity index (χ2v) is 3.01. The maximum absolute atomic E-state index is 4.14. The number of likely N-dealkylation sites (tertiary alicyclic amines) is 1. The highest BCUT2D eigenvalue weighted by Crippen LogP contribution is 2.26. The fourth-order valence-corrected chi connectivity index (χ4v) is 1.63. The Morgan fingerprint density at radius 1 is 1.73 bits per heavy atom. The van der Waals surface area contributed by atoms with Crippen molar-refractivity contribution in [1.82, 2.24) is 20.1 Å². The summed E-state index contributed by atoms with van der Waals surface area (Å²) in [6.45, 7) is 1.17. The van der Waals surface area contributed by atoms with Gasteiger partial charge in [0.2, 0.25) is 0 Å². The molecule has 0 saturated carbocycles. The highest BCUT2D eigenvalue weighted by Gasteiger charge is 2.24. The Balaban J connectivity index is 2.16. The van der Waals surface area contributed by atoms with Gasteiger partial charge in [0.15, 0.2) is 0 Å². The molecule has 0 bridgehead atoms. The van der Waals surface area contributed by atoms with Gasteiger partial charge in [-0.3, -0.25) is 10.00 Å². The standard InChI is InChI=1S/C7H12N4/c1-11-4-2-3-6(11)7-8-5-9-10-7/h5-6H,2-4H2,1H3,(H,8,9,10)/t6-/m0/s1. The minimum Gasteiger partial charge on any atom is -0.297 e. The lowest BCUT2D eigenvalue weighted by Gasteiger charge is -2.15. The maximum Gasteiger partial charge on any atom is 0.141 e. The van der Waals surface area contributed by atoms with Crippen LogP contribution in [0.25, 0.3) is 0 Å². The van der Waals surface area contributed by atoms with Gasteiger partial charge in [-0.25, -0.2) is 4.98 Å². The number of aromatic nitrogens is 3. The van der Waals surface area contributed by atoms with Gasteiger partial charge in [-0.05, 0) is 26.4 Å². The molecule has 11 heavy (non-hydrogen) atoms. The topological polar surface area (TPSA) is 44.8 Å². The van der Waals surface area contributed by atoms with Crippen LogP contribution in [0.3, 0.4) is 0 Å². The Morgan fingerprint density at radius 3 is 3.18 bits per heavy atom. The molecule has 0 radical (unpaired) electrons. The molecular weight excluding hydrogens is 140 g/mol. The van der Waals surface area contributed by atoms with Crippen LogP contribution in [0.5, 0.6) is 0 Å². The number of rotatable bonds is 1. The molecule has 60 valence electrons. The van der Waals surface area contributed by atoms with Gasteiger partial charge in [0.05, 0.1) is 6.04 Å². The monoisotopic (exact) mass is 152 g/mol. The molecule has 1 aliphatic heterocycles. The molecule has 1 aromatic heterocycles. The van der Waals surface area contributed by atoms with Crippen LogP contribution in [0.4, 0.5) is 0 Å². The van der Waals surface area contributed by atoms with Crippen molar-refractivity contribution in [1.29, 1.82) is 0 Å². The van der Waals surface area contributed by atoms with Crippen LogP contribution >= 0.6 is 0 Å². The van der Waals surface area contributed by atoms with E-state index in [4.69, 9.17) is 0 Å². The third kappa shape index (κ3) is 1.14. The van der Waals surface area contributed by atoms with E-state index in [2.05, 4.69) is 27.1 Å². The highest BCUT2D eigenvalue weighted by molar-refractivity contribution is 4.94. The van der Waals surface area contributed by atoms with Gasteiger partial charge in [-0.2, -0.15) is 5.10 Å². The zero-order chi connectivity index (χ0) is 7.68. The molecule has 1 fully saturated rings. The number of aromatic amines is 1. The van der Waals surface area contributed by atoms with Crippen LogP contribution in [0, 0.1) is 0 Å². The van der Waals surface area contributed by atoms with E-state index < -0.39 is 0 Å². The van der Waals surface area contributed by atoms with Gasteiger partial charge in [0, 0.05) is 0 Å². The summed E-state index contributed by atoms with van der Waals surface area (Å²) < 4.78 is 0. The van der Waals surface area contributed by atoms with Gasteiger partial charge < -0.3 is 0 Å². The molecular formula is C7H12N4. The average Bonchev–Trinajstić information content (AvgIpc) is 2.55. The van der Waals surface area contributed by atoms with Crippen LogP contribution in [0.15, 0.2) is 6.33 Å². The number of nitrogens with one attached hydrogen (secondary N) is 1. The van der Waals surface area contributed by atoms with Crippen molar-refractivity contribution in [2.75, 3.05) is 13.6 Å². The Bertz CT molecular complexity index is 218. The molecule has 1 atom stereocenters. The molecule has 1 aromatic rings. The molecule has 0 spiro atoms. The van der Waals surface area contributed by atoms with E-state index in [1.165, 1.54) is 19.4 Å². The van der Waals surface area contributed by atoms with E-state index >= 15 is 0 Å². The summed E-state index contributed by atoms with van der Waals surface area (Å²) in [6, 6.07) is 0.470. The molecule has 2 rings (SSSR count). The van der Waals surface area contributed by atoms with Crippen molar-refractivity contribution in [3.8, 4) is 0 Å². The van der Waals surface area contributed by atoms with Crippen LogP contribution in [-0.4, -0.2) is 33.7 Å². The SMILES string of the molecule is CN1CCC[C@H]1c1ncn[nH]1. The minimum atomic E-state index is 0.470. The molecule has 0 unspecified atom stereocenters. The first-order chi connectivity index (χ1) is 5.38. The zero-order valence-corrected chi connectivity index (χ0v) is 6.62. The molecule has 2 heterocycles. The predicted molar refractivity (Wildman–Crippen MR) is 41.0 cm³/mol. The summed E-state index contributed by atoms with van der Waals surface area (Å²) in [6.07, 6.45) is 4.04. The summed E-state index contributed by atoms with van der Waals surface area (Å²) >= 11 is 0. The first-order valence-corrected chi connectivity index (χ1v) is 3.93. The lowest BCUT2D eigenvalue weighted by Crippen LogP contribution is -2.18. The van der Waals surface area contributed by atoms with Gasteiger partial charge >= 0.3 is 0 Å². The average molecular weight is 152 g/mol. The van der Waals surface area contributed by atoms with Crippen LogP contribution in [0.2, 0.25) is 0 Å². The number of hydrogen-bond acceptors (Lipinski definition) is 3. The lowest BCUT2D eigenvalue weighted by molar-refractivity contribution is 0.306. The van der Waals surface area contributed by atoms with Crippen molar-refractivity contribution < 1.29 is 0 Å². The zero-order valence-electron chi connectivity index (χ0n) is 6.62. The van der Waals surface area contributed by atoms with Gasteiger partial charge in [0.1, 0.15) is 12.2 Å². The van der Waals surface area contributed by atoms with Crippen molar-refractivity contribution in [2.24, 2.45) is 0 Å². The molecule has 1 N–H and O–H groups in total. The van der Waals surface area contributed by atoms with Gasteiger partial charge in [-0.15, -0.1) is 0 Å². The highest BCUT2D eigenvalue weighted by atomic mass is 15.3. The summed E-state index contributed by atoms with van der Waals surface area (Å²) in [4.78, 5) is 6.45. The first kappa shape index (κ1) is 6.79. The molecule has 4 nitrogen and oxygen atoms in total. The smallest absolute Gasteiger partial charge is 0.141 e. The van der Waals surface area contributed by atoms with Gasteiger partial charge in [0.25, 0.3) is 0 Å². The molecule has 0 aromatic carbocycles. The minimum absolute atomic E-state index is 0.470. The second kappa shape index (κ2) is 2.62. The van der Waals surface area contributed by atoms with E-state index in [0.29, 0.717) is 6.04 Å². The van der Waals surface area contributed by atoms with Crippen molar-refractivity contribution >= 4 is 0 Å². The van der Waals surface area contributed by atoms with Crippen LogP contribution in [-0.2, 0) is 0 Å². The van der Waals surface area contributed by atoms with Crippen LogP contribution in [0.1, 0.15) is 24.7 Å². The Kier molecular flexibility index (Phi) is 1.62. The van der Waals surface area contributed by atoms with Crippen molar-refractivity contribution in [2.45, 2.75) is 18.9 Å². The normalized spacial score (nSPS) is 26.1. The van der Waals surface area contributed by atoms with E-state index in [1.807, 2.05) is 0 Å². The van der Waals surface area contributed by atoms with E-state index in [0.717, 1.165) is 5.82 Å². The first-order valence-electron chi connectivity index (χ1n) is 3.93. The van der Waals surface area contributed by atoms with Crippen molar-refractivity contribution in [3.63, 3.8) is 0 Å². The Labute approximate surface area is 65.6 Å². The molecule has 0 aliphatic carbocycles. The summed E-state index contributed by atoms with van der Waals surface area (Å²) in [5.74, 6) is 1.00. The molecule has 4 heteroatoms. The van der Waals surface area contributed by atoms with E-state index in [9.17, 15) is 0 Å². The van der Waals surface area contributed by atoms with Crippen molar-refractivity contribution in [3.05, 3.63) is 12.2 Å². The number of hydrogen-bond donors (Lipinski definition) is 1. The third-order valence-electron chi connectivity index (χ3n) is 2.27. The van der Waals surface area contributed by atoms with Gasteiger partial charge in [-0.1, -0.05) is 0 Å². The molecule has 1 saturated heterocycles. The fraction of sp³-hybridized carbons (Fsp3) is 0.714. The predicted octanol–water partition coefficient (Wildman–Crippen LogP) is 0.571. The molecule has 1 aliphatic rings. The fourth-order valence-electron chi connectivity index (χ4n) is 1.63. The largest absolute Gasteiger partial charge is 0.297 e. The summed E-state index contributed by atoms with van der Waals surface area (Å²) in [5.41, 5.74) is 0. The number of H-pyrrole nitrogens is 1. The lowest BCUT2D eigenvalue weighted by atomic mass is 10.2. The van der Waals surface area contributed by atoms with Crippen LogP contribution < -0.4 is 0 Å². The summed E-state index contributed by atoms with van der Waals surface area (Å²) in [5, 5.41) is 6.75. The molecule has 0 amide bonds.